The van der Waals surface area contributed by atoms with Gasteiger partial charge in [-0.05, 0) is 31.2 Å². The molecular weight excluding hydrogens is 174 g/mol. The fourth-order valence-corrected chi connectivity index (χ4v) is 1.75. The van der Waals surface area contributed by atoms with Crippen LogP contribution in [-0.4, -0.2) is 26.3 Å². The predicted molar refractivity (Wildman–Crippen MR) is 60.5 cm³/mol. The summed E-state index contributed by atoms with van der Waals surface area (Å²) in [6.07, 6.45) is 5.71. The third-order valence-electron chi connectivity index (χ3n) is 3.04. The number of hydrogen-bond acceptors (Lipinski definition) is 2. The Hall–Kier alpha value is -0.0800. The van der Waals surface area contributed by atoms with Crippen molar-refractivity contribution >= 4 is 0 Å². The maximum Gasteiger partial charge on any atom is 0.0618 e. The van der Waals surface area contributed by atoms with Crippen molar-refractivity contribution in [2.75, 3.05) is 20.3 Å². The first-order valence-corrected chi connectivity index (χ1v) is 5.96. The molecule has 14 heavy (non-hydrogen) atoms. The van der Waals surface area contributed by atoms with Gasteiger partial charge in [0.25, 0.3) is 0 Å². The fourth-order valence-electron chi connectivity index (χ4n) is 1.75. The van der Waals surface area contributed by atoms with E-state index in [2.05, 4.69) is 19.2 Å². The minimum absolute atomic E-state index is 0.527. The van der Waals surface area contributed by atoms with E-state index in [0.29, 0.717) is 12.0 Å². The van der Waals surface area contributed by atoms with Gasteiger partial charge in [0.05, 0.1) is 6.61 Å². The van der Waals surface area contributed by atoms with Gasteiger partial charge in [0.15, 0.2) is 0 Å². The minimum Gasteiger partial charge on any atom is -0.383 e. The van der Waals surface area contributed by atoms with E-state index in [1.54, 1.807) is 7.11 Å². The van der Waals surface area contributed by atoms with E-state index in [1.165, 1.54) is 25.7 Å². The van der Waals surface area contributed by atoms with Crippen LogP contribution in [-0.2, 0) is 4.74 Å². The maximum absolute atomic E-state index is 5.19. The molecule has 0 bridgehead atoms. The summed E-state index contributed by atoms with van der Waals surface area (Å²) in [5, 5.41) is 3.58. The Morgan fingerprint density at radius 1 is 1.36 bits per heavy atom. The zero-order valence-electron chi connectivity index (χ0n) is 9.88. The van der Waals surface area contributed by atoms with Crippen molar-refractivity contribution in [3.05, 3.63) is 0 Å². The number of methoxy groups -OCH3 is 1. The first kappa shape index (κ1) is 12.0. The molecular formula is C12H25NO. The molecule has 1 N–H and O–H groups in total. The Balaban J connectivity index is 1.99. The van der Waals surface area contributed by atoms with Gasteiger partial charge in [-0.15, -0.1) is 0 Å². The highest BCUT2D eigenvalue weighted by Gasteiger charge is 2.20. The third kappa shape index (κ3) is 4.97. The van der Waals surface area contributed by atoms with Crippen LogP contribution in [0.1, 0.15) is 39.5 Å². The van der Waals surface area contributed by atoms with E-state index in [9.17, 15) is 0 Å². The van der Waals surface area contributed by atoms with Crippen LogP contribution in [0, 0.1) is 11.8 Å². The summed E-state index contributed by atoms with van der Waals surface area (Å²) in [7, 11) is 1.78. The maximum atomic E-state index is 5.19. The number of hydrogen-bond donors (Lipinski definition) is 1. The summed E-state index contributed by atoms with van der Waals surface area (Å²) in [5.74, 6) is 1.73. The highest BCUT2D eigenvalue weighted by atomic mass is 16.5. The van der Waals surface area contributed by atoms with Crippen LogP contribution in [0.4, 0.5) is 0 Å². The van der Waals surface area contributed by atoms with E-state index in [4.69, 9.17) is 4.74 Å². The molecule has 84 valence electrons. The molecule has 0 radical (unpaired) electrons. The molecule has 1 fully saturated rings. The van der Waals surface area contributed by atoms with Crippen molar-refractivity contribution in [2.24, 2.45) is 11.8 Å². The van der Waals surface area contributed by atoms with E-state index in [-0.39, 0.29) is 0 Å². The fraction of sp³-hybridized carbons (Fsp3) is 1.00. The number of ether oxygens (including phenoxy) is 1. The summed E-state index contributed by atoms with van der Waals surface area (Å²) < 4.78 is 5.19. The van der Waals surface area contributed by atoms with E-state index in [0.717, 1.165) is 19.1 Å². The van der Waals surface area contributed by atoms with Crippen molar-refractivity contribution in [3.63, 3.8) is 0 Å². The number of rotatable bonds is 8. The quantitative estimate of drug-likeness (QED) is 0.606. The lowest BCUT2D eigenvalue weighted by molar-refractivity contribution is 0.147. The first-order chi connectivity index (χ1) is 6.74. The molecule has 0 amide bonds. The van der Waals surface area contributed by atoms with Gasteiger partial charge in [-0.25, -0.2) is 0 Å². The van der Waals surface area contributed by atoms with Crippen molar-refractivity contribution in [3.8, 4) is 0 Å². The van der Waals surface area contributed by atoms with Crippen molar-refractivity contribution in [1.29, 1.82) is 0 Å². The Bertz CT molecular complexity index is 143. The molecule has 1 aliphatic carbocycles. The Morgan fingerprint density at radius 3 is 2.57 bits per heavy atom. The standard InChI is InChI=1S/C12H25NO/c1-10(2)12(9-14-3)13-8-4-5-11-6-7-11/h10-13H,4-9H2,1-3H3. The summed E-state index contributed by atoms with van der Waals surface area (Å²) in [6, 6.07) is 0.527. The molecule has 1 rings (SSSR count). The van der Waals surface area contributed by atoms with Gasteiger partial charge in [0, 0.05) is 13.2 Å². The summed E-state index contributed by atoms with van der Waals surface area (Å²) in [4.78, 5) is 0. The minimum atomic E-state index is 0.527. The predicted octanol–water partition coefficient (Wildman–Crippen LogP) is 2.44. The Morgan fingerprint density at radius 2 is 2.07 bits per heavy atom. The van der Waals surface area contributed by atoms with Gasteiger partial charge >= 0.3 is 0 Å². The zero-order valence-corrected chi connectivity index (χ0v) is 9.88. The van der Waals surface area contributed by atoms with Gasteiger partial charge in [0.2, 0.25) is 0 Å². The first-order valence-electron chi connectivity index (χ1n) is 5.96. The molecule has 2 nitrogen and oxygen atoms in total. The smallest absolute Gasteiger partial charge is 0.0618 e. The molecule has 1 atom stereocenters. The van der Waals surface area contributed by atoms with Crippen LogP contribution in [0.25, 0.3) is 0 Å². The van der Waals surface area contributed by atoms with Crippen molar-refractivity contribution in [2.45, 2.75) is 45.6 Å². The second kappa shape index (κ2) is 6.41. The number of nitrogens with one attached hydrogen (secondary N) is 1. The van der Waals surface area contributed by atoms with Crippen LogP contribution >= 0.6 is 0 Å². The third-order valence-corrected chi connectivity index (χ3v) is 3.04. The van der Waals surface area contributed by atoms with E-state index < -0.39 is 0 Å². The average molecular weight is 199 g/mol. The normalized spacial score (nSPS) is 18.9. The van der Waals surface area contributed by atoms with Gasteiger partial charge in [0.1, 0.15) is 0 Å². The largest absolute Gasteiger partial charge is 0.383 e. The lowest BCUT2D eigenvalue weighted by Crippen LogP contribution is -2.38. The van der Waals surface area contributed by atoms with E-state index in [1.807, 2.05) is 0 Å². The average Bonchev–Trinajstić information content (AvgIpc) is 2.93. The second-order valence-corrected chi connectivity index (χ2v) is 4.85. The van der Waals surface area contributed by atoms with Gasteiger partial charge < -0.3 is 10.1 Å². The second-order valence-electron chi connectivity index (χ2n) is 4.85. The molecule has 1 aliphatic rings. The van der Waals surface area contributed by atoms with Gasteiger partial charge in [-0.1, -0.05) is 26.7 Å². The van der Waals surface area contributed by atoms with Crippen LogP contribution in [0.3, 0.4) is 0 Å². The summed E-state index contributed by atoms with van der Waals surface area (Å²) >= 11 is 0. The Labute approximate surface area is 88.4 Å². The van der Waals surface area contributed by atoms with Gasteiger partial charge in [-0.3, -0.25) is 0 Å². The molecule has 1 unspecified atom stereocenters. The summed E-state index contributed by atoms with van der Waals surface area (Å²) in [5.41, 5.74) is 0. The molecule has 1 saturated carbocycles. The molecule has 0 spiro atoms. The van der Waals surface area contributed by atoms with Crippen LogP contribution in [0.2, 0.25) is 0 Å². The van der Waals surface area contributed by atoms with Gasteiger partial charge in [-0.2, -0.15) is 0 Å². The lowest BCUT2D eigenvalue weighted by atomic mass is 10.1. The Kier molecular flexibility index (Phi) is 5.49. The topological polar surface area (TPSA) is 21.3 Å². The van der Waals surface area contributed by atoms with Crippen molar-refractivity contribution < 1.29 is 4.74 Å². The van der Waals surface area contributed by atoms with Crippen LogP contribution < -0.4 is 5.32 Å². The monoisotopic (exact) mass is 199 g/mol. The molecule has 0 saturated heterocycles. The van der Waals surface area contributed by atoms with Crippen LogP contribution in [0.5, 0.6) is 0 Å². The highest BCUT2D eigenvalue weighted by molar-refractivity contribution is 4.74. The molecule has 2 heteroatoms. The van der Waals surface area contributed by atoms with Crippen LogP contribution in [0.15, 0.2) is 0 Å². The molecule has 0 aromatic rings. The lowest BCUT2D eigenvalue weighted by Gasteiger charge is -2.21. The summed E-state index contributed by atoms with van der Waals surface area (Å²) in [6.45, 7) is 6.49. The molecule has 0 aromatic heterocycles. The SMILES string of the molecule is COCC(NCCCC1CC1)C(C)C. The molecule has 0 aliphatic heterocycles. The zero-order chi connectivity index (χ0) is 10.4. The highest BCUT2D eigenvalue weighted by Crippen LogP contribution is 2.33. The van der Waals surface area contributed by atoms with E-state index >= 15 is 0 Å². The molecule has 0 heterocycles. The molecule has 0 aromatic carbocycles. The van der Waals surface area contributed by atoms with Crippen molar-refractivity contribution in [1.82, 2.24) is 5.32 Å².